The summed E-state index contributed by atoms with van der Waals surface area (Å²) in [4.78, 5) is 9.98. The molecular formula is C11H9O2. The molecule has 0 N–H and O–H groups in total. The number of rotatable bonds is 3. The highest BCUT2D eigenvalue weighted by atomic mass is 16.4. The zero-order chi connectivity index (χ0) is 9.52. The van der Waals surface area contributed by atoms with Crippen LogP contribution < -0.4 is 0 Å². The predicted molar refractivity (Wildman–Crippen MR) is 50.3 cm³/mol. The van der Waals surface area contributed by atoms with Crippen LogP contribution in [0.1, 0.15) is 5.56 Å². The molecule has 0 saturated carbocycles. The Balaban J connectivity index is 2.55. The zero-order valence-electron chi connectivity index (χ0n) is 7.01. The molecule has 2 heteroatoms. The fourth-order valence-electron chi connectivity index (χ4n) is 0.865. The largest absolute Gasteiger partial charge is 0.379 e. The molecule has 65 valence electrons. The van der Waals surface area contributed by atoms with E-state index in [1.807, 2.05) is 36.4 Å². The molecule has 0 spiro atoms. The zero-order valence-corrected chi connectivity index (χ0v) is 7.01. The van der Waals surface area contributed by atoms with Crippen molar-refractivity contribution in [1.29, 1.82) is 0 Å². The third-order valence-corrected chi connectivity index (χ3v) is 1.43. The van der Waals surface area contributed by atoms with Crippen LogP contribution in [0.5, 0.6) is 0 Å². The van der Waals surface area contributed by atoms with Crippen LogP contribution in [0.4, 0.5) is 0 Å². The fourth-order valence-corrected chi connectivity index (χ4v) is 0.865. The summed E-state index contributed by atoms with van der Waals surface area (Å²) in [5.41, 5.74) is 1.03. The second-order valence-electron chi connectivity index (χ2n) is 2.45. The first kappa shape index (κ1) is 9.26. The Hall–Kier alpha value is -1.83. The van der Waals surface area contributed by atoms with Crippen molar-refractivity contribution in [3.63, 3.8) is 0 Å². The van der Waals surface area contributed by atoms with Crippen LogP contribution in [-0.2, 0) is 9.90 Å². The lowest BCUT2D eigenvalue weighted by Crippen LogP contribution is -1.81. The Morgan fingerprint density at radius 2 is 1.77 bits per heavy atom. The van der Waals surface area contributed by atoms with Crippen molar-refractivity contribution in [3.05, 3.63) is 54.1 Å². The monoisotopic (exact) mass is 173 g/mol. The molecule has 1 radical (unpaired) electrons. The average Bonchev–Trinajstić information content (AvgIpc) is 2.14. The van der Waals surface area contributed by atoms with E-state index in [9.17, 15) is 9.90 Å². The molecule has 0 saturated heterocycles. The van der Waals surface area contributed by atoms with E-state index in [0.29, 0.717) is 0 Å². The summed E-state index contributed by atoms with van der Waals surface area (Å²) >= 11 is 0. The van der Waals surface area contributed by atoms with Crippen LogP contribution in [0.3, 0.4) is 0 Å². The van der Waals surface area contributed by atoms with Gasteiger partial charge in [-0.2, -0.15) is 0 Å². The summed E-state index contributed by atoms with van der Waals surface area (Å²) in [6.07, 6.45) is 5.90. The predicted octanol–water partition coefficient (Wildman–Crippen LogP) is 2.21. The van der Waals surface area contributed by atoms with E-state index in [1.54, 1.807) is 6.08 Å². The van der Waals surface area contributed by atoms with Gasteiger partial charge >= 0.3 is 5.97 Å². The minimum absolute atomic E-state index is 0.986. The van der Waals surface area contributed by atoms with Crippen molar-refractivity contribution < 1.29 is 9.90 Å². The molecule has 0 amide bonds. The first-order valence-electron chi connectivity index (χ1n) is 3.90. The van der Waals surface area contributed by atoms with E-state index in [4.69, 9.17) is 0 Å². The van der Waals surface area contributed by atoms with E-state index in [2.05, 4.69) is 0 Å². The number of allylic oxidation sites excluding steroid dienone is 2. The van der Waals surface area contributed by atoms with Crippen molar-refractivity contribution >= 4 is 12.0 Å². The standard InChI is InChI=1S/C11H9O2/c12-11(13)9-5-4-8-10-6-2-1-3-7-10/h1-9H/b8-4+,9-5-. The van der Waals surface area contributed by atoms with Gasteiger partial charge in [0.05, 0.1) is 0 Å². The van der Waals surface area contributed by atoms with E-state index >= 15 is 0 Å². The molecule has 0 unspecified atom stereocenters. The third kappa shape index (κ3) is 3.91. The number of hydrogen-bond donors (Lipinski definition) is 0. The van der Waals surface area contributed by atoms with Crippen molar-refractivity contribution in [1.82, 2.24) is 0 Å². The molecule has 0 heterocycles. The summed E-state index contributed by atoms with van der Waals surface area (Å²) in [5, 5.41) is 9.98. The maximum Gasteiger partial charge on any atom is 0.379 e. The number of carbonyl (C=O) groups is 1. The van der Waals surface area contributed by atoms with Crippen LogP contribution in [0, 0.1) is 0 Å². The molecule has 0 aliphatic rings. The summed E-state index contributed by atoms with van der Waals surface area (Å²) in [5.74, 6) is -1.18. The van der Waals surface area contributed by atoms with Gasteiger partial charge in [0.15, 0.2) is 0 Å². The Morgan fingerprint density at radius 1 is 1.08 bits per heavy atom. The van der Waals surface area contributed by atoms with Gasteiger partial charge in [-0.15, -0.1) is 0 Å². The van der Waals surface area contributed by atoms with Gasteiger partial charge in [-0.25, -0.2) is 9.90 Å². The van der Waals surface area contributed by atoms with Gasteiger partial charge in [0.2, 0.25) is 0 Å². The molecule has 13 heavy (non-hydrogen) atoms. The van der Waals surface area contributed by atoms with E-state index in [0.717, 1.165) is 11.6 Å². The topological polar surface area (TPSA) is 37.0 Å². The molecule has 2 nitrogen and oxygen atoms in total. The minimum atomic E-state index is -1.18. The lowest BCUT2D eigenvalue weighted by molar-refractivity contribution is -0.137. The SMILES string of the molecule is [O]C(=O)/C=C\C=C\c1ccccc1. The molecule has 1 aromatic rings. The van der Waals surface area contributed by atoms with E-state index in [-0.39, 0.29) is 0 Å². The summed E-state index contributed by atoms with van der Waals surface area (Å²) in [6.45, 7) is 0. The highest BCUT2D eigenvalue weighted by Crippen LogP contribution is 2.00. The lowest BCUT2D eigenvalue weighted by atomic mass is 10.2. The number of benzene rings is 1. The Kier molecular flexibility index (Phi) is 3.51. The van der Waals surface area contributed by atoms with Gasteiger partial charge in [-0.05, 0) is 5.56 Å². The van der Waals surface area contributed by atoms with Crippen LogP contribution >= 0.6 is 0 Å². The van der Waals surface area contributed by atoms with Gasteiger partial charge in [0.1, 0.15) is 0 Å². The second kappa shape index (κ2) is 4.93. The van der Waals surface area contributed by atoms with Crippen molar-refractivity contribution in [3.8, 4) is 0 Å². The number of hydrogen-bond acceptors (Lipinski definition) is 1. The van der Waals surface area contributed by atoms with Gasteiger partial charge in [-0.3, -0.25) is 0 Å². The first-order valence-corrected chi connectivity index (χ1v) is 3.90. The Morgan fingerprint density at radius 3 is 2.38 bits per heavy atom. The van der Waals surface area contributed by atoms with E-state index < -0.39 is 5.97 Å². The first-order chi connectivity index (χ1) is 6.29. The lowest BCUT2D eigenvalue weighted by Gasteiger charge is -1.87. The fraction of sp³-hybridized carbons (Fsp3) is 0. The van der Waals surface area contributed by atoms with Gasteiger partial charge < -0.3 is 0 Å². The Labute approximate surface area is 76.8 Å². The molecule has 0 atom stereocenters. The third-order valence-electron chi connectivity index (χ3n) is 1.43. The van der Waals surface area contributed by atoms with Crippen LogP contribution in [0.15, 0.2) is 48.6 Å². The summed E-state index contributed by atoms with van der Waals surface area (Å²) < 4.78 is 0. The highest BCUT2D eigenvalue weighted by Gasteiger charge is 1.85. The highest BCUT2D eigenvalue weighted by molar-refractivity contribution is 5.79. The van der Waals surface area contributed by atoms with Gasteiger partial charge in [0.25, 0.3) is 0 Å². The quantitative estimate of drug-likeness (QED) is 0.510. The van der Waals surface area contributed by atoms with Crippen molar-refractivity contribution in [2.24, 2.45) is 0 Å². The van der Waals surface area contributed by atoms with Gasteiger partial charge in [-0.1, -0.05) is 48.6 Å². The maximum atomic E-state index is 9.98. The molecule has 0 fully saturated rings. The molecule has 1 rings (SSSR count). The smallest absolute Gasteiger partial charge is 0.242 e. The van der Waals surface area contributed by atoms with Crippen molar-refractivity contribution in [2.45, 2.75) is 0 Å². The Bertz CT molecular complexity index is 323. The summed E-state index contributed by atoms with van der Waals surface area (Å²) in [6, 6.07) is 9.63. The molecule has 0 aliphatic heterocycles. The number of carbonyl (C=O) groups excluding carboxylic acids is 1. The van der Waals surface area contributed by atoms with Crippen LogP contribution in [0.2, 0.25) is 0 Å². The minimum Gasteiger partial charge on any atom is -0.242 e. The molecule has 0 bridgehead atoms. The average molecular weight is 173 g/mol. The maximum absolute atomic E-state index is 9.98. The second-order valence-corrected chi connectivity index (χ2v) is 2.45. The molecular weight excluding hydrogens is 164 g/mol. The molecule has 1 aromatic carbocycles. The normalized spacial score (nSPS) is 11.1. The summed E-state index contributed by atoms with van der Waals surface area (Å²) in [7, 11) is 0. The molecule has 0 aromatic heterocycles. The van der Waals surface area contributed by atoms with E-state index in [1.165, 1.54) is 6.08 Å². The van der Waals surface area contributed by atoms with Crippen molar-refractivity contribution in [2.75, 3.05) is 0 Å². The molecule has 0 aliphatic carbocycles. The van der Waals surface area contributed by atoms with Gasteiger partial charge in [0, 0.05) is 6.08 Å². The van der Waals surface area contributed by atoms with Crippen LogP contribution in [-0.4, -0.2) is 5.97 Å². The van der Waals surface area contributed by atoms with Crippen LogP contribution in [0.25, 0.3) is 6.08 Å².